The molecule has 0 bridgehead atoms. The topological polar surface area (TPSA) is 135 Å². The third-order valence-corrected chi connectivity index (χ3v) is 2.87. The molecule has 0 radical (unpaired) electrons. The maximum Gasteiger partial charge on any atom is 0.407 e. The number of carbonyl (C=O) groups is 4. The summed E-state index contributed by atoms with van der Waals surface area (Å²) in [5.41, 5.74) is 0. The Morgan fingerprint density at radius 2 is 1.59 bits per heavy atom. The highest BCUT2D eigenvalue weighted by Gasteiger charge is 2.08. The van der Waals surface area contributed by atoms with E-state index in [0.717, 1.165) is 0 Å². The number of esters is 1. The van der Waals surface area contributed by atoms with Crippen molar-refractivity contribution in [2.24, 2.45) is 5.92 Å². The van der Waals surface area contributed by atoms with Crippen LogP contribution in [0.4, 0.5) is 4.79 Å². The monoisotopic (exact) mass is 386 g/mol. The molecule has 0 heterocycles. The second kappa shape index (κ2) is 15.6. The van der Waals surface area contributed by atoms with Crippen LogP contribution in [0.1, 0.15) is 20.3 Å². The first-order chi connectivity index (χ1) is 12.8. The normalized spacial score (nSPS) is 10.0. The molecule has 0 aromatic carbocycles. The SMILES string of the molecule is C=CCOC(=O)NCC(=O)NCC(=O)NCCCNCC(=O)OCC(C)C. The largest absolute Gasteiger partial charge is 0.464 e. The summed E-state index contributed by atoms with van der Waals surface area (Å²) in [7, 11) is 0. The van der Waals surface area contributed by atoms with Crippen molar-refractivity contribution in [3.8, 4) is 0 Å². The van der Waals surface area contributed by atoms with Crippen LogP contribution in [0.3, 0.4) is 0 Å². The molecule has 0 rings (SSSR count). The lowest BCUT2D eigenvalue weighted by atomic mass is 10.2. The van der Waals surface area contributed by atoms with Crippen LogP contribution in [0.5, 0.6) is 0 Å². The zero-order valence-electron chi connectivity index (χ0n) is 16.0. The van der Waals surface area contributed by atoms with Gasteiger partial charge >= 0.3 is 12.1 Å². The zero-order valence-corrected chi connectivity index (χ0v) is 16.0. The van der Waals surface area contributed by atoms with E-state index in [1.807, 2.05) is 13.8 Å². The Morgan fingerprint density at radius 3 is 2.26 bits per heavy atom. The third-order valence-electron chi connectivity index (χ3n) is 2.87. The Labute approximate surface area is 159 Å². The molecule has 0 aromatic rings. The van der Waals surface area contributed by atoms with Crippen molar-refractivity contribution < 1.29 is 28.7 Å². The average Bonchev–Trinajstić information content (AvgIpc) is 2.63. The summed E-state index contributed by atoms with van der Waals surface area (Å²) in [5, 5.41) is 10.1. The smallest absolute Gasteiger partial charge is 0.407 e. The second-order valence-corrected chi connectivity index (χ2v) is 5.97. The highest BCUT2D eigenvalue weighted by molar-refractivity contribution is 5.87. The molecule has 0 spiro atoms. The molecule has 10 nitrogen and oxygen atoms in total. The molecule has 0 aliphatic heterocycles. The molecule has 10 heteroatoms. The van der Waals surface area contributed by atoms with Crippen molar-refractivity contribution in [1.82, 2.24) is 21.3 Å². The molecule has 0 fully saturated rings. The van der Waals surface area contributed by atoms with Crippen molar-refractivity contribution >= 4 is 23.9 Å². The molecule has 0 aliphatic carbocycles. The van der Waals surface area contributed by atoms with E-state index >= 15 is 0 Å². The minimum absolute atomic E-state index is 0.0455. The van der Waals surface area contributed by atoms with E-state index in [4.69, 9.17) is 4.74 Å². The first-order valence-electron chi connectivity index (χ1n) is 8.76. The second-order valence-electron chi connectivity index (χ2n) is 5.97. The number of ether oxygens (including phenoxy) is 2. The fourth-order valence-electron chi connectivity index (χ4n) is 1.58. The molecule has 27 heavy (non-hydrogen) atoms. The molecule has 0 aliphatic rings. The summed E-state index contributed by atoms with van der Waals surface area (Å²) in [6.07, 6.45) is 1.28. The van der Waals surface area contributed by atoms with E-state index in [-0.39, 0.29) is 38.1 Å². The minimum Gasteiger partial charge on any atom is -0.464 e. The summed E-state index contributed by atoms with van der Waals surface area (Å²) >= 11 is 0. The van der Waals surface area contributed by atoms with Crippen molar-refractivity contribution in [1.29, 1.82) is 0 Å². The van der Waals surface area contributed by atoms with Crippen molar-refractivity contribution in [3.05, 3.63) is 12.7 Å². The molecule has 0 unspecified atom stereocenters. The van der Waals surface area contributed by atoms with Gasteiger partial charge in [-0.25, -0.2) is 4.79 Å². The zero-order chi connectivity index (χ0) is 20.5. The maximum atomic E-state index is 11.6. The summed E-state index contributed by atoms with van der Waals surface area (Å²) in [6, 6.07) is 0. The van der Waals surface area contributed by atoms with Gasteiger partial charge in [-0.2, -0.15) is 0 Å². The number of hydrogen-bond donors (Lipinski definition) is 4. The van der Waals surface area contributed by atoms with Crippen molar-refractivity contribution in [2.45, 2.75) is 20.3 Å². The van der Waals surface area contributed by atoms with Gasteiger partial charge < -0.3 is 30.7 Å². The predicted octanol–water partition coefficient (Wildman–Crippen LogP) is -0.690. The van der Waals surface area contributed by atoms with Gasteiger partial charge in [0.25, 0.3) is 0 Å². The molecule has 0 aromatic heterocycles. The third kappa shape index (κ3) is 16.6. The molecule has 3 amide bonds. The Morgan fingerprint density at radius 1 is 0.926 bits per heavy atom. The summed E-state index contributed by atoms with van der Waals surface area (Å²) in [4.78, 5) is 45.5. The van der Waals surface area contributed by atoms with E-state index in [0.29, 0.717) is 32.0 Å². The van der Waals surface area contributed by atoms with Gasteiger partial charge in [0.1, 0.15) is 13.2 Å². The fourth-order valence-corrected chi connectivity index (χ4v) is 1.58. The minimum atomic E-state index is -0.741. The van der Waals surface area contributed by atoms with Crippen LogP contribution in [0, 0.1) is 5.92 Å². The number of carbonyl (C=O) groups excluding carboxylic acids is 4. The number of hydrogen-bond acceptors (Lipinski definition) is 7. The first kappa shape index (κ1) is 24.4. The first-order valence-corrected chi connectivity index (χ1v) is 8.76. The molecule has 0 saturated carbocycles. The molecular formula is C17H30N4O6. The van der Waals surface area contributed by atoms with E-state index in [9.17, 15) is 19.2 Å². The van der Waals surface area contributed by atoms with Crippen molar-refractivity contribution in [2.75, 3.05) is 45.9 Å². The highest BCUT2D eigenvalue weighted by Crippen LogP contribution is 1.92. The van der Waals surface area contributed by atoms with E-state index < -0.39 is 12.0 Å². The summed E-state index contributed by atoms with van der Waals surface area (Å²) in [5.74, 6) is -0.875. The van der Waals surface area contributed by atoms with Crippen molar-refractivity contribution in [3.63, 3.8) is 0 Å². The van der Waals surface area contributed by atoms with Gasteiger partial charge in [0.15, 0.2) is 0 Å². The molecule has 0 saturated heterocycles. The molecule has 154 valence electrons. The van der Waals surface area contributed by atoms with E-state index in [1.165, 1.54) is 6.08 Å². The summed E-state index contributed by atoms with van der Waals surface area (Å²) < 4.78 is 9.64. The number of amides is 3. The lowest BCUT2D eigenvalue weighted by Crippen LogP contribution is -2.42. The van der Waals surface area contributed by atoms with Gasteiger partial charge in [-0.15, -0.1) is 0 Å². The lowest BCUT2D eigenvalue weighted by Gasteiger charge is -2.09. The van der Waals surface area contributed by atoms with Gasteiger partial charge in [-0.05, 0) is 18.9 Å². The van der Waals surface area contributed by atoms with Crippen LogP contribution in [0.25, 0.3) is 0 Å². The Balaban J connectivity index is 3.58. The molecule has 0 atom stereocenters. The lowest BCUT2D eigenvalue weighted by molar-refractivity contribution is -0.143. The fraction of sp³-hybridized carbons (Fsp3) is 0.647. The van der Waals surface area contributed by atoms with Crippen LogP contribution in [-0.2, 0) is 23.9 Å². The van der Waals surface area contributed by atoms with Crippen LogP contribution < -0.4 is 21.3 Å². The van der Waals surface area contributed by atoms with E-state index in [1.54, 1.807) is 0 Å². The van der Waals surface area contributed by atoms with Crippen LogP contribution in [0.15, 0.2) is 12.7 Å². The standard InChI is InChI=1S/C17H30N4O6/c1-4-8-26-17(25)21-10-15(23)20-9-14(22)19-7-5-6-18-11-16(24)27-12-13(2)3/h4,13,18H,1,5-12H2,2-3H3,(H,19,22)(H,20,23)(H,21,25). The van der Waals surface area contributed by atoms with Crippen LogP contribution in [0.2, 0.25) is 0 Å². The average molecular weight is 386 g/mol. The van der Waals surface area contributed by atoms with Gasteiger partial charge in [-0.3, -0.25) is 14.4 Å². The quantitative estimate of drug-likeness (QED) is 0.176. The van der Waals surface area contributed by atoms with Gasteiger partial charge in [0.2, 0.25) is 11.8 Å². The highest BCUT2D eigenvalue weighted by atomic mass is 16.5. The number of alkyl carbamates (subject to hydrolysis) is 1. The van der Waals surface area contributed by atoms with Crippen LogP contribution in [-0.4, -0.2) is 69.8 Å². The van der Waals surface area contributed by atoms with Crippen LogP contribution >= 0.6 is 0 Å². The number of nitrogens with one attached hydrogen (secondary N) is 4. The maximum absolute atomic E-state index is 11.6. The predicted molar refractivity (Wildman–Crippen MR) is 98.9 cm³/mol. The Hall–Kier alpha value is -2.62. The van der Waals surface area contributed by atoms with Gasteiger partial charge in [0.05, 0.1) is 19.7 Å². The Bertz CT molecular complexity index is 496. The van der Waals surface area contributed by atoms with Gasteiger partial charge in [0, 0.05) is 6.54 Å². The Kier molecular flexibility index (Phi) is 14.1. The number of rotatable bonds is 14. The molecular weight excluding hydrogens is 356 g/mol. The van der Waals surface area contributed by atoms with Gasteiger partial charge in [-0.1, -0.05) is 26.5 Å². The van der Waals surface area contributed by atoms with E-state index in [2.05, 4.69) is 32.6 Å². The molecule has 4 N–H and O–H groups in total. The summed E-state index contributed by atoms with van der Waals surface area (Å²) in [6.45, 7) is 8.32.